The van der Waals surface area contributed by atoms with Crippen LogP contribution in [0.1, 0.15) is 53.3 Å². The summed E-state index contributed by atoms with van der Waals surface area (Å²) in [6.45, 7) is 1.67. The lowest BCUT2D eigenvalue weighted by Gasteiger charge is -2.23. The zero-order valence-corrected chi connectivity index (χ0v) is 13.9. The van der Waals surface area contributed by atoms with Gasteiger partial charge in [-0.05, 0) is 38.5 Å². The maximum atomic E-state index is 12.8. The lowest BCUT2D eigenvalue weighted by Crippen LogP contribution is -2.86. The number of carbonyl (C=O) groups is 1. The molecule has 7 heteroatoms. The van der Waals surface area contributed by atoms with Crippen molar-refractivity contribution >= 4 is 5.91 Å². The van der Waals surface area contributed by atoms with Crippen LogP contribution in [-0.4, -0.2) is 46.9 Å². The van der Waals surface area contributed by atoms with E-state index in [9.17, 15) is 14.7 Å². The number of hydrogen-bond acceptors (Lipinski definition) is 4. The fourth-order valence-electron chi connectivity index (χ4n) is 3.44. The Morgan fingerprint density at radius 3 is 2.71 bits per heavy atom. The molecule has 0 spiro atoms. The lowest BCUT2D eigenvalue weighted by atomic mass is 9.93. The molecule has 132 valence electrons. The summed E-state index contributed by atoms with van der Waals surface area (Å²) < 4.78 is 1.76. The van der Waals surface area contributed by atoms with E-state index in [1.807, 2.05) is 5.32 Å². The van der Waals surface area contributed by atoms with Gasteiger partial charge in [0.15, 0.2) is 0 Å². The lowest BCUT2D eigenvalue weighted by molar-refractivity contribution is -0.654. The number of nitrogens with one attached hydrogen (secondary N) is 1. The fourth-order valence-corrected chi connectivity index (χ4v) is 3.44. The van der Waals surface area contributed by atoms with Gasteiger partial charge in [-0.15, -0.1) is 0 Å². The number of carbonyl (C=O) groups excluding carboxylic acids is 1. The van der Waals surface area contributed by atoms with Gasteiger partial charge in [0.2, 0.25) is 0 Å². The highest BCUT2D eigenvalue weighted by molar-refractivity contribution is 5.97. The molecule has 1 aromatic rings. The van der Waals surface area contributed by atoms with Crippen molar-refractivity contribution in [2.24, 2.45) is 0 Å². The highest BCUT2D eigenvalue weighted by Crippen LogP contribution is 2.39. The first kappa shape index (κ1) is 17.0. The number of quaternary nitrogens is 1. The van der Waals surface area contributed by atoms with E-state index in [-0.39, 0.29) is 29.5 Å². The van der Waals surface area contributed by atoms with Crippen molar-refractivity contribution in [2.45, 2.75) is 44.6 Å². The van der Waals surface area contributed by atoms with Gasteiger partial charge in [0.05, 0.1) is 26.2 Å². The summed E-state index contributed by atoms with van der Waals surface area (Å²) in [5, 5.41) is 23.9. The number of fused-ring (bicyclic) bond motifs is 1. The molecule has 2 aliphatic carbocycles. The highest BCUT2D eigenvalue weighted by atomic mass is 16.3. The molecule has 24 heavy (non-hydrogen) atoms. The molecule has 0 bridgehead atoms. The van der Waals surface area contributed by atoms with Crippen LogP contribution in [0.15, 0.2) is 4.79 Å². The average molecular weight is 336 g/mol. The van der Waals surface area contributed by atoms with E-state index in [4.69, 9.17) is 5.11 Å². The third-order valence-electron chi connectivity index (χ3n) is 4.79. The maximum Gasteiger partial charge on any atom is 0.267 e. The molecule has 5 N–H and O–H groups in total. The summed E-state index contributed by atoms with van der Waals surface area (Å²) in [5.74, 6) is -0.624. The van der Waals surface area contributed by atoms with Gasteiger partial charge < -0.3 is 25.4 Å². The predicted molar refractivity (Wildman–Crippen MR) is 88.4 cm³/mol. The van der Waals surface area contributed by atoms with Gasteiger partial charge in [0, 0.05) is 17.3 Å². The molecule has 0 atom stereocenters. The van der Waals surface area contributed by atoms with E-state index >= 15 is 0 Å². The number of hydrogen-bond donors (Lipinski definition) is 4. The molecule has 1 fully saturated rings. The summed E-state index contributed by atoms with van der Waals surface area (Å²) in [5.41, 5.74) is 1.25. The zero-order valence-electron chi connectivity index (χ0n) is 13.9. The predicted octanol–water partition coefficient (Wildman–Crippen LogP) is -0.947. The average Bonchev–Trinajstić information content (AvgIpc) is 3.40. The van der Waals surface area contributed by atoms with Gasteiger partial charge in [0.25, 0.3) is 11.5 Å². The van der Waals surface area contributed by atoms with Crippen LogP contribution in [0.2, 0.25) is 0 Å². The van der Waals surface area contributed by atoms with E-state index < -0.39 is 5.91 Å². The normalized spacial score (nSPS) is 16.7. The van der Waals surface area contributed by atoms with Crippen LogP contribution in [0.25, 0.3) is 0 Å². The molecule has 0 aromatic carbocycles. The Hall–Kier alpha value is -1.86. The van der Waals surface area contributed by atoms with Crippen molar-refractivity contribution < 1.29 is 20.3 Å². The number of pyridine rings is 1. The van der Waals surface area contributed by atoms with Gasteiger partial charge in [0.1, 0.15) is 11.3 Å². The first-order chi connectivity index (χ1) is 11.6. The Labute approximate surface area is 140 Å². The second-order valence-corrected chi connectivity index (χ2v) is 6.61. The molecule has 0 saturated heterocycles. The Bertz CT molecular complexity index is 679. The van der Waals surface area contributed by atoms with Crippen molar-refractivity contribution in [2.75, 3.05) is 26.2 Å². The van der Waals surface area contributed by atoms with Crippen LogP contribution in [0.4, 0.5) is 0 Å². The Morgan fingerprint density at radius 2 is 2.00 bits per heavy atom. The molecular weight excluding hydrogens is 310 g/mol. The molecule has 0 aliphatic heterocycles. The molecule has 2 aliphatic rings. The number of rotatable bonds is 7. The van der Waals surface area contributed by atoms with Gasteiger partial charge in [-0.3, -0.25) is 9.59 Å². The molecule has 1 heterocycles. The van der Waals surface area contributed by atoms with Crippen LogP contribution in [0, 0.1) is 0 Å². The number of nitrogens with zero attached hydrogens (tertiary/aromatic N) is 1. The van der Waals surface area contributed by atoms with Crippen LogP contribution in [0.5, 0.6) is 5.75 Å². The Morgan fingerprint density at radius 1 is 1.25 bits per heavy atom. The van der Waals surface area contributed by atoms with Crippen molar-refractivity contribution in [3.8, 4) is 5.75 Å². The Balaban J connectivity index is 1.86. The topological polar surface area (TPSA) is 108 Å². The van der Waals surface area contributed by atoms with Crippen LogP contribution in [-0.2, 0) is 12.8 Å². The van der Waals surface area contributed by atoms with Gasteiger partial charge in [-0.2, -0.15) is 0 Å². The third kappa shape index (κ3) is 3.32. The van der Waals surface area contributed by atoms with E-state index in [0.29, 0.717) is 19.6 Å². The van der Waals surface area contributed by atoms with Gasteiger partial charge in [-0.1, -0.05) is 0 Å². The standard InChI is InChI=1S/C17H25N3O4/c21-10-9-18-7-8-19-16(23)14-15(22)12-3-1-2-4-13(12)20(17(14)24)11-5-6-11/h11,18,21-22H,1-10H2,(H,19,23)/p+1. The van der Waals surface area contributed by atoms with E-state index in [0.717, 1.165) is 49.8 Å². The summed E-state index contributed by atoms with van der Waals surface area (Å²) >= 11 is 0. The number of nitrogens with two attached hydrogens (primary N) is 1. The van der Waals surface area contributed by atoms with Crippen molar-refractivity contribution in [3.63, 3.8) is 0 Å². The van der Waals surface area contributed by atoms with Crippen LogP contribution < -0.4 is 16.2 Å². The van der Waals surface area contributed by atoms with E-state index in [2.05, 4.69) is 5.32 Å². The maximum absolute atomic E-state index is 12.8. The summed E-state index contributed by atoms with van der Waals surface area (Å²) in [6.07, 6.45) is 5.44. The number of aliphatic hydroxyl groups is 1. The first-order valence-corrected chi connectivity index (χ1v) is 8.85. The zero-order chi connectivity index (χ0) is 17.1. The SMILES string of the molecule is O=C(NCC[NH2+]CCO)c1c(O)c2c(n(C3CC3)c1=O)CCCC2. The first-order valence-electron chi connectivity index (χ1n) is 8.85. The number of aliphatic hydroxyl groups excluding tert-OH is 1. The molecule has 1 amide bonds. The van der Waals surface area contributed by atoms with Crippen LogP contribution in [0.3, 0.4) is 0 Å². The molecular formula is C17H26N3O4+. The van der Waals surface area contributed by atoms with Crippen molar-refractivity contribution in [1.29, 1.82) is 0 Å². The largest absolute Gasteiger partial charge is 0.507 e. The van der Waals surface area contributed by atoms with E-state index in [1.165, 1.54) is 0 Å². The van der Waals surface area contributed by atoms with E-state index in [1.54, 1.807) is 4.57 Å². The monoisotopic (exact) mass is 336 g/mol. The minimum Gasteiger partial charge on any atom is -0.507 e. The molecule has 0 unspecified atom stereocenters. The second-order valence-electron chi connectivity index (χ2n) is 6.61. The van der Waals surface area contributed by atoms with Crippen molar-refractivity contribution in [1.82, 2.24) is 9.88 Å². The smallest absolute Gasteiger partial charge is 0.267 e. The molecule has 1 saturated carbocycles. The summed E-state index contributed by atoms with van der Waals surface area (Å²) in [7, 11) is 0. The fraction of sp³-hybridized carbons (Fsp3) is 0.647. The minimum absolute atomic E-state index is 0.0889. The number of aromatic nitrogens is 1. The Kier molecular flexibility index (Phi) is 5.20. The van der Waals surface area contributed by atoms with Crippen molar-refractivity contribution in [3.05, 3.63) is 27.2 Å². The summed E-state index contributed by atoms with van der Waals surface area (Å²) in [6, 6.07) is 0.189. The quantitative estimate of drug-likeness (QED) is 0.482. The minimum atomic E-state index is -0.502. The summed E-state index contributed by atoms with van der Waals surface area (Å²) in [4.78, 5) is 25.3. The second kappa shape index (κ2) is 7.36. The molecule has 1 aromatic heterocycles. The third-order valence-corrected chi connectivity index (χ3v) is 4.79. The highest BCUT2D eigenvalue weighted by Gasteiger charge is 2.33. The molecule has 3 rings (SSSR count). The number of aromatic hydroxyl groups is 1. The van der Waals surface area contributed by atoms with Gasteiger partial charge in [-0.25, -0.2) is 0 Å². The molecule has 7 nitrogen and oxygen atoms in total. The van der Waals surface area contributed by atoms with Gasteiger partial charge >= 0.3 is 0 Å². The van der Waals surface area contributed by atoms with Crippen LogP contribution >= 0.6 is 0 Å². The number of amides is 1. The molecule has 0 radical (unpaired) electrons.